The van der Waals surface area contributed by atoms with Crippen molar-refractivity contribution in [2.24, 2.45) is 11.5 Å². The average molecular weight is 284 g/mol. The number of aryl methyl sites for hydroxylation is 2. The van der Waals surface area contributed by atoms with E-state index in [1.165, 1.54) is 11.1 Å². The van der Waals surface area contributed by atoms with Gasteiger partial charge < -0.3 is 16.2 Å². The van der Waals surface area contributed by atoms with Gasteiger partial charge in [0.2, 0.25) is 0 Å². The van der Waals surface area contributed by atoms with Crippen LogP contribution in [0.15, 0.2) is 48.5 Å². The topological polar surface area (TPSA) is 61.3 Å². The summed E-state index contributed by atoms with van der Waals surface area (Å²) >= 11 is 0. The summed E-state index contributed by atoms with van der Waals surface area (Å²) in [4.78, 5) is 0. The van der Waals surface area contributed by atoms with E-state index in [-0.39, 0.29) is 0 Å². The third kappa shape index (κ3) is 5.21. The van der Waals surface area contributed by atoms with E-state index in [4.69, 9.17) is 16.2 Å². The van der Waals surface area contributed by atoms with E-state index in [1.807, 2.05) is 24.3 Å². The first-order chi connectivity index (χ1) is 10.3. The van der Waals surface area contributed by atoms with Crippen molar-refractivity contribution in [3.05, 3.63) is 59.7 Å². The Bertz CT molecular complexity index is 470. The van der Waals surface area contributed by atoms with Gasteiger partial charge in [-0.3, -0.25) is 0 Å². The number of benzene rings is 2. The van der Waals surface area contributed by atoms with Gasteiger partial charge in [-0.1, -0.05) is 24.3 Å². The van der Waals surface area contributed by atoms with Crippen LogP contribution in [0.1, 0.15) is 24.0 Å². The van der Waals surface area contributed by atoms with Crippen LogP contribution in [0.4, 0.5) is 0 Å². The van der Waals surface area contributed by atoms with Crippen LogP contribution in [0.25, 0.3) is 0 Å². The molecule has 0 aliphatic rings. The highest BCUT2D eigenvalue weighted by atomic mass is 16.5. The van der Waals surface area contributed by atoms with Crippen LogP contribution < -0.4 is 16.2 Å². The Labute approximate surface area is 126 Å². The van der Waals surface area contributed by atoms with E-state index in [2.05, 4.69) is 24.3 Å². The van der Waals surface area contributed by atoms with Gasteiger partial charge in [0.15, 0.2) is 0 Å². The summed E-state index contributed by atoms with van der Waals surface area (Å²) in [6.45, 7) is 1.46. The standard InChI is InChI=1S/C18H24N2O/c19-13-1-3-15-5-9-17(10-6-15)21-18-11-7-16(8-12-18)4-2-14-20/h5-12H,1-4,13-14,19-20H2. The normalized spacial score (nSPS) is 10.6. The van der Waals surface area contributed by atoms with Crippen LogP contribution in [0.3, 0.4) is 0 Å². The van der Waals surface area contributed by atoms with E-state index >= 15 is 0 Å². The summed E-state index contributed by atoms with van der Waals surface area (Å²) in [5, 5.41) is 0. The zero-order chi connectivity index (χ0) is 14.9. The van der Waals surface area contributed by atoms with Crippen LogP contribution >= 0.6 is 0 Å². The van der Waals surface area contributed by atoms with Crippen molar-refractivity contribution in [1.29, 1.82) is 0 Å². The van der Waals surface area contributed by atoms with Crippen molar-refractivity contribution in [3.63, 3.8) is 0 Å². The molecule has 0 heterocycles. The molecule has 0 bridgehead atoms. The molecule has 0 unspecified atom stereocenters. The predicted molar refractivity (Wildman–Crippen MR) is 87.7 cm³/mol. The van der Waals surface area contributed by atoms with E-state index in [9.17, 15) is 0 Å². The molecule has 0 amide bonds. The maximum absolute atomic E-state index is 5.85. The van der Waals surface area contributed by atoms with Crippen molar-refractivity contribution >= 4 is 0 Å². The molecule has 0 aromatic heterocycles. The summed E-state index contributed by atoms with van der Waals surface area (Å²) in [6.07, 6.45) is 4.08. The number of ether oxygens (including phenoxy) is 1. The molecule has 4 N–H and O–H groups in total. The molecule has 0 aliphatic carbocycles. The molecular formula is C18H24N2O. The molecule has 0 saturated heterocycles. The van der Waals surface area contributed by atoms with E-state index in [1.54, 1.807) is 0 Å². The predicted octanol–water partition coefficient (Wildman–Crippen LogP) is 3.26. The summed E-state index contributed by atoms with van der Waals surface area (Å²) in [7, 11) is 0. The molecule has 0 atom stereocenters. The fraction of sp³-hybridized carbons (Fsp3) is 0.333. The molecule has 0 spiro atoms. The van der Waals surface area contributed by atoms with Crippen molar-refractivity contribution in [3.8, 4) is 11.5 Å². The fourth-order valence-electron chi connectivity index (χ4n) is 2.20. The maximum Gasteiger partial charge on any atom is 0.127 e. The molecule has 0 aliphatic heterocycles. The number of rotatable bonds is 8. The van der Waals surface area contributed by atoms with E-state index < -0.39 is 0 Å². The molecular weight excluding hydrogens is 260 g/mol. The highest BCUT2D eigenvalue weighted by Crippen LogP contribution is 2.22. The maximum atomic E-state index is 5.85. The van der Waals surface area contributed by atoms with Crippen molar-refractivity contribution in [2.45, 2.75) is 25.7 Å². The fourth-order valence-corrected chi connectivity index (χ4v) is 2.20. The van der Waals surface area contributed by atoms with E-state index in [0.717, 1.165) is 50.3 Å². The third-order valence-electron chi connectivity index (χ3n) is 3.42. The highest BCUT2D eigenvalue weighted by Gasteiger charge is 1.99. The number of hydrogen-bond acceptors (Lipinski definition) is 3. The molecule has 0 fully saturated rings. The van der Waals surface area contributed by atoms with Crippen LogP contribution in [0.5, 0.6) is 11.5 Å². The Morgan fingerprint density at radius 1 is 0.619 bits per heavy atom. The van der Waals surface area contributed by atoms with Gasteiger partial charge in [-0.15, -0.1) is 0 Å². The second-order valence-corrected chi connectivity index (χ2v) is 5.17. The summed E-state index contributed by atoms with van der Waals surface area (Å²) in [5.41, 5.74) is 13.6. The van der Waals surface area contributed by atoms with Gasteiger partial charge in [-0.2, -0.15) is 0 Å². The van der Waals surface area contributed by atoms with Crippen molar-refractivity contribution in [2.75, 3.05) is 13.1 Å². The van der Waals surface area contributed by atoms with Gasteiger partial charge in [-0.05, 0) is 74.2 Å². The Morgan fingerprint density at radius 2 is 1.00 bits per heavy atom. The Hall–Kier alpha value is -1.84. The Balaban J connectivity index is 1.91. The molecule has 0 saturated carbocycles. The summed E-state index contributed by atoms with van der Waals surface area (Å²) in [6, 6.07) is 16.4. The Morgan fingerprint density at radius 3 is 1.33 bits per heavy atom. The minimum absolute atomic E-state index is 0.731. The lowest BCUT2D eigenvalue weighted by atomic mass is 10.1. The molecule has 2 aromatic carbocycles. The minimum atomic E-state index is 0.731. The lowest BCUT2D eigenvalue weighted by molar-refractivity contribution is 0.482. The van der Waals surface area contributed by atoms with Crippen LogP contribution in [-0.4, -0.2) is 13.1 Å². The van der Waals surface area contributed by atoms with Gasteiger partial charge >= 0.3 is 0 Å². The first-order valence-electron chi connectivity index (χ1n) is 7.57. The smallest absolute Gasteiger partial charge is 0.127 e. The van der Waals surface area contributed by atoms with Crippen LogP contribution in [0.2, 0.25) is 0 Å². The second-order valence-electron chi connectivity index (χ2n) is 5.17. The lowest BCUT2D eigenvalue weighted by Gasteiger charge is -2.08. The summed E-state index contributed by atoms with van der Waals surface area (Å²) < 4.78 is 5.85. The largest absolute Gasteiger partial charge is 0.457 e. The van der Waals surface area contributed by atoms with E-state index in [0.29, 0.717) is 0 Å². The van der Waals surface area contributed by atoms with Gasteiger partial charge in [0.05, 0.1) is 0 Å². The molecule has 3 heteroatoms. The monoisotopic (exact) mass is 284 g/mol. The number of nitrogens with two attached hydrogens (primary N) is 2. The molecule has 3 nitrogen and oxygen atoms in total. The molecule has 2 rings (SSSR count). The zero-order valence-corrected chi connectivity index (χ0v) is 12.4. The van der Waals surface area contributed by atoms with Crippen molar-refractivity contribution in [1.82, 2.24) is 0 Å². The Kier molecular flexibility index (Phi) is 6.25. The molecule has 112 valence electrons. The van der Waals surface area contributed by atoms with Gasteiger partial charge in [0.1, 0.15) is 11.5 Å². The molecule has 21 heavy (non-hydrogen) atoms. The minimum Gasteiger partial charge on any atom is -0.457 e. The van der Waals surface area contributed by atoms with Crippen LogP contribution in [-0.2, 0) is 12.8 Å². The lowest BCUT2D eigenvalue weighted by Crippen LogP contribution is -2.00. The van der Waals surface area contributed by atoms with Gasteiger partial charge in [-0.25, -0.2) is 0 Å². The molecule has 2 aromatic rings. The first kappa shape index (κ1) is 15.5. The van der Waals surface area contributed by atoms with Gasteiger partial charge in [0.25, 0.3) is 0 Å². The van der Waals surface area contributed by atoms with Crippen LogP contribution in [0, 0.1) is 0 Å². The quantitative estimate of drug-likeness (QED) is 0.782. The van der Waals surface area contributed by atoms with Crippen molar-refractivity contribution < 1.29 is 4.74 Å². The van der Waals surface area contributed by atoms with Gasteiger partial charge in [0, 0.05) is 0 Å². The first-order valence-corrected chi connectivity index (χ1v) is 7.57. The number of hydrogen-bond donors (Lipinski definition) is 2. The third-order valence-corrected chi connectivity index (χ3v) is 3.42. The zero-order valence-electron chi connectivity index (χ0n) is 12.4. The average Bonchev–Trinajstić information content (AvgIpc) is 2.53. The molecule has 0 radical (unpaired) electrons. The second kappa shape index (κ2) is 8.45. The highest BCUT2D eigenvalue weighted by molar-refractivity contribution is 5.34. The summed E-state index contributed by atoms with van der Waals surface area (Å²) in [5.74, 6) is 1.72. The SMILES string of the molecule is NCCCc1ccc(Oc2ccc(CCCN)cc2)cc1.